The van der Waals surface area contributed by atoms with Crippen molar-refractivity contribution in [2.75, 3.05) is 40.9 Å². The zero-order valence-electron chi connectivity index (χ0n) is 20.0. The topological polar surface area (TPSA) is 76.1 Å². The van der Waals surface area contributed by atoms with Crippen LogP contribution in [0.3, 0.4) is 0 Å². The molecule has 0 bridgehead atoms. The van der Waals surface area contributed by atoms with E-state index in [1.54, 1.807) is 4.31 Å². The van der Waals surface area contributed by atoms with Crippen LogP contribution in [-0.4, -0.2) is 66.3 Å². The van der Waals surface area contributed by atoms with Gasteiger partial charge in [-0.15, -0.1) is 0 Å². The lowest BCUT2D eigenvalue weighted by Gasteiger charge is -2.33. The molecule has 0 N–H and O–H groups in total. The fourth-order valence-corrected chi connectivity index (χ4v) is 5.71. The Morgan fingerprint density at radius 1 is 1.09 bits per heavy atom. The third-order valence-electron chi connectivity index (χ3n) is 5.98. The number of hydrogen-bond acceptors (Lipinski definition) is 6. The number of methoxy groups -OCH3 is 2. The number of halogens is 1. The number of carbonyl (C=O) groups excluding carboxylic acids is 2. The zero-order valence-corrected chi connectivity index (χ0v) is 21.6. The molecule has 7 nitrogen and oxygen atoms in total. The number of carbonyl (C=O) groups is 2. The summed E-state index contributed by atoms with van der Waals surface area (Å²) in [5, 5.41) is 0.788. The van der Waals surface area contributed by atoms with Crippen molar-refractivity contribution in [3.05, 3.63) is 63.7 Å². The zero-order chi connectivity index (χ0) is 24.8. The fraction of sp³-hybridized carbons (Fsp3) is 0.440. The molecule has 0 fully saturated rings. The molecule has 2 unspecified atom stereocenters. The minimum absolute atomic E-state index is 0.0762. The van der Waals surface area contributed by atoms with Crippen LogP contribution in [0.2, 0.25) is 5.02 Å². The second-order valence-corrected chi connectivity index (χ2v) is 10.4. The van der Waals surface area contributed by atoms with Gasteiger partial charge in [0.25, 0.3) is 0 Å². The van der Waals surface area contributed by atoms with Gasteiger partial charge in [-0.3, -0.25) is 9.59 Å². The van der Waals surface area contributed by atoms with E-state index in [1.807, 2.05) is 37.3 Å². The summed E-state index contributed by atoms with van der Waals surface area (Å²) in [6.45, 7) is 4.13. The maximum atomic E-state index is 13.3. The monoisotopic (exact) mass is 506 g/mol. The SMILES string of the molecule is COC(=O)CCN(CCC(=O)OC)S(=O)c1ccc(C2CN(C)Cc3c(Cl)cc(C)cc32)cc1. The molecule has 2 atom stereocenters. The standard InChI is InChI=1S/C25H31ClN2O5S/c1-17-13-20-21(15-27(2)16-22(20)23(26)14-17)18-5-7-19(8-6-18)34(31)28(11-9-24(29)32-3)12-10-25(30)33-4/h5-8,13-14,21H,9-12,15-16H2,1-4H3. The predicted molar refractivity (Wildman–Crippen MR) is 132 cm³/mol. The Morgan fingerprint density at radius 2 is 1.68 bits per heavy atom. The lowest BCUT2D eigenvalue weighted by molar-refractivity contribution is -0.140. The highest BCUT2D eigenvalue weighted by molar-refractivity contribution is 7.82. The molecule has 3 rings (SSSR count). The van der Waals surface area contributed by atoms with Crippen molar-refractivity contribution in [1.82, 2.24) is 9.21 Å². The van der Waals surface area contributed by atoms with Gasteiger partial charge in [0, 0.05) is 37.1 Å². The molecule has 0 spiro atoms. The number of fused-ring (bicyclic) bond motifs is 1. The van der Waals surface area contributed by atoms with Crippen molar-refractivity contribution in [3.63, 3.8) is 0 Å². The first kappa shape index (κ1) is 26.3. The maximum absolute atomic E-state index is 13.3. The molecule has 34 heavy (non-hydrogen) atoms. The van der Waals surface area contributed by atoms with Gasteiger partial charge >= 0.3 is 11.9 Å². The summed E-state index contributed by atoms with van der Waals surface area (Å²) < 4.78 is 24.3. The second-order valence-electron chi connectivity index (χ2n) is 8.46. The summed E-state index contributed by atoms with van der Waals surface area (Å²) in [4.78, 5) is 26.1. The van der Waals surface area contributed by atoms with E-state index in [0.717, 1.165) is 34.8 Å². The Morgan fingerprint density at radius 3 is 2.24 bits per heavy atom. The molecule has 0 aromatic heterocycles. The van der Waals surface area contributed by atoms with E-state index in [0.29, 0.717) is 4.90 Å². The number of nitrogens with zero attached hydrogens (tertiary/aromatic N) is 2. The minimum Gasteiger partial charge on any atom is -0.469 e. The number of hydrogen-bond donors (Lipinski definition) is 0. The first-order valence-electron chi connectivity index (χ1n) is 11.1. The number of aryl methyl sites for hydroxylation is 1. The number of esters is 2. The first-order valence-corrected chi connectivity index (χ1v) is 12.6. The van der Waals surface area contributed by atoms with E-state index < -0.39 is 22.9 Å². The summed E-state index contributed by atoms with van der Waals surface area (Å²) in [5.74, 6) is -0.641. The van der Waals surface area contributed by atoms with Crippen molar-refractivity contribution in [3.8, 4) is 0 Å². The number of ether oxygens (including phenoxy) is 2. The first-order chi connectivity index (χ1) is 16.2. The Hall–Kier alpha value is -2.26. The summed E-state index contributed by atoms with van der Waals surface area (Å²) in [5.41, 5.74) is 4.62. The quantitative estimate of drug-likeness (QED) is 0.483. The predicted octanol–water partition coefficient (Wildman–Crippen LogP) is 3.68. The minimum atomic E-state index is -1.54. The van der Waals surface area contributed by atoms with Crippen molar-refractivity contribution in [1.29, 1.82) is 0 Å². The van der Waals surface area contributed by atoms with Gasteiger partial charge in [0.15, 0.2) is 0 Å². The van der Waals surface area contributed by atoms with E-state index in [9.17, 15) is 13.8 Å². The van der Waals surface area contributed by atoms with Crippen LogP contribution in [-0.2, 0) is 36.6 Å². The number of benzene rings is 2. The largest absolute Gasteiger partial charge is 0.469 e. The van der Waals surface area contributed by atoms with Crippen molar-refractivity contribution >= 4 is 34.5 Å². The lowest BCUT2D eigenvalue weighted by Crippen LogP contribution is -2.32. The van der Waals surface area contributed by atoms with E-state index in [4.69, 9.17) is 21.1 Å². The number of likely N-dealkylation sites (N-methyl/N-ethyl adjacent to an activating group) is 1. The summed E-state index contributed by atoms with van der Waals surface area (Å²) >= 11 is 6.55. The summed E-state index contributed by atoms with van der Waals surface area (Å²) in [7, 11) is 3.16. The van der Waals surface area contributed by atoms with Crippen LogP contribution in [0.4, 0.5) is 0 Å². The molecular weight excluding hydrogens is 476 g/mol. The Balaban J connectivity index is 1.82. The average molecular weight is 507 g/mol. The third kappa shape index (κ3) is 6.44. The Kier molecular flexibility index (Phi) is 9.24. The highest BCUT2D eigenvalue weighted by Crippen LogP contribution is 2.37. The van der Waals surface area contributed by atoms with Crippen molar-refractivity contribution in [2.24, 2.45) is 0 Å². The van der Waals surface area contributed by atoms with Crippen LogP contribution >= 0.6 is 11.6 Å². The smallest absolute Gasteiger partial charge is 0.306 e. The summed E-state index contributed by atoms with van der Waals surface area (Å²) in [6, 6.07) is 11.9. The molecule has 0 radical (unpaired) electrons. The fourth-order valence-electron chi connectivity index (χ4n) is 4.19. The van der Waals surface area contributed by atoms with E-state index >= 15 is 0 Å². The van der Waals surface area contributed by atoms with Gasteiger partial charge in [0.2, 0.25) is 0 Å². The highest BCUT2D eigenvalue weighted by atomic mass is 35.5. The van der Waals surface area contributed by atoms with E-state index in [-0.39, 0.29) is 31.8 Å². The van der Waals surface area contributed by atoms with Gasteiger partial charge < -0.3 is 14.4 Å². The van der Waals surface area contributed by atoms with Crippen molar-refractivity contribution < 1.29 is 23.3 Å². The van der Waals surface area contributed by atoms with Crippen LogP contribution in [0.25, 0.3) is 0 Å². The van der Waals surface area contributed by atoms with Gasteiger partial charge in [-0.05, 0) is 54.4 Å². The third-order valence-corrected chi connectivity index (χ3v) is 7.82. The molecule has 1 aliphatic rings. The lowest BCUT2D eigenvalue weighted by atomic mass is 9.84. The van der Waals surface area contributed by atoms with E-state index in [2.05, 4.69) is 18.0 Å². The highest BCUT2D eigenvalue weighted by Gasteiger charge is 2.27. The van der Waals surface area contributed by atoms with Crippen LogP contribution in [0, 0.1) is 6.92 Å². The van der Waals surface area contributed by atoms with Crippen LogP contribution in [0.15, 0.2) is 41.3 Å². The Labute approximate surface area is 208 Å². The van der Waals surface area contributed by atoms with Gasteiger partial charge in [-0.2, -0.15) is 0 Å². The molecule has 0 saturated carbocycles. The van der Waals surface area contributed by atoms with Gasteiger partial charge in [0.05, 0.1) is 32.0 Å². The Bertz CT molecular complexity index is 1040. The summed E-state index contributed by atoms with van der Waals surface area (Å²) in [6.07, 6.45) is 0.152. The molecule has 2 aromatic carbocycles. The molecule has 0 saturated heterocycles. The molecule has 1 heterocycles. The average Bonchev–Trinajstić information content (AvgIpc) is 2.83. The van der Waals surface area contributed by atoms with Gasteiger partial charge in [-0.25, -0.2) is 8.51 Å². The molecule has 184 valence electrons. The molecule has 2 aromatic rings. The molecule has 0 amide bonds. The number of rotatable bonds is 9. The van der Waals surface area contributed by atoms with Gasteiger partial charge in [-0.1, -0.05) is 29.8 Å². The molecular formula is C25H31ClN2O5S. The van der Waals surface area contributed by atoms with Crippen LogP contribution < -0.4 is 0 Å². The maximum Gasteiger partial charge on any atom is 0.306 e. The van der Waals surface area contributed by atoms with Gasteiger partial charge in [0.1, 0.15) is 11.0 Å². The molecule has 0 aliphatic carbocycles. The molecule has 9 heteroatoms. The second kappa shape index (κ2) is 11.9. The molecule has 1 aliphatic heterocycles. The van der Waals surface area contributed by atoms with Crippen molar-refractivity contribution in [2.45, 2.75) is 37.1 Å². The normalized spacial score (nSPS) is 16.7. The van der Waals surface area contributed by atoms with Crippen LogP contribution in [0.5, 0.6) is 0 Å². The van der Waals surface area contributed by atoms with Crippen LogP contribution in [0.1, 0.15) is 41.0 Å². The van der Waals surface area contributed by atoms with E-state index in [1.165, 1.54) is 19.8 Å².